The van der Waals surface area contributed by atoms with Gasteiger partial charge in [0.15, 0.2) is 0 Å². The van der Waals surface area contributed by atoms with Crippen LogP contribution in [0.25, 0.3) is 0 Å². The van der Waals surface area contributed by atoms with Crippen molar-refractivity contribution in [2.24, 2.45) is 11.3 Å². The number of hydrogen-bond acceptors (Lipinski definition) is 3. The molecule has 1 heterocycles. The molecule has 2 unspecified atom stereocenters. The first-order valence-corrected chi connectivity index (χ1v) is 5.24. The molecule has 1 aromatic heterocycles. The molecule has 2 atom stereocenters. The predicted octanol–water partition coefficient (Wildman–Crippen LogP) is 1.93. The average Bonchev–Trinajstić information content (AvgIpc) is 2.63. The highest BCUT2D eigenvalue weighted by molar-refractivity contribution is 5.71. The summed E-state index contributed by atoms with van der Waals surface area (Å²) >= 11 is 0. The highest BCUT2D eigenvalue weighted by Gasteiger charge is 2.35. The lowest BCUT2D eigenvalue weighted by molar-refractivity contribution is -0.148. The van der Waals surface area contributed by atoms with E-state index in [9.17, 15) is 9.90 Å². The molecule has 0 saturated carbocycles. The van der Waals surface area contributed by atoms with Gasteiger partial charge in [0.05, 0.1) is 24.5 Å². The molecular weight excluding hydrogens is 208 g/mol. The largest absolute Gasteiger partial charge is 0.481 e. The molecule has 4 nitrogen and oxygen atoms in total. The van der Waals surface area contributed by atoms with Gasteiger partial charge in [0, 0.05) is 0 Å². The Labute approximate surface area is 94.9 Å². The van der Waals surface area contributed by atoms with Crippen LogP contribution in [0, 0.1) is 11.3 Å². The second-order valence-electron chi connectivity index (χ2n) is 5.09. The number of carbonyl (C=O) groups is 1. The Morgan fingerprint density at radius 1 is 1.50 bits per heavy atom. The fourth-order valence-corrected chi connectivity index (χ4v) is 1.60. The molecule has 16 heavy (non-hydrogen) atoms. The minimum atomic E-state index is -0.983. The molecule has 0 spiro atoms. The lowest BCUT2D eigenvalue weighted by atomic mass is 9.79. The zero-order chi connectivity index (χ0) is 12.3. The van der Waals surface area contributed by atoms with Gasteiger partial charge in [-0.1, -0.05) is 20.8 Å². The van der Waals surface area contributed by atoms with Crippen molar-refractivity contribution < 1.29 is 19.4 Å². The first kappa shape index (κ1) is 12.8. The topological polar surface area (TPSA) is 70.7 Å². The number of aliphatic carboxylic acids is 1. The first-order valence-electron chi connectivity index (χ1n) is 5.24. The maximum Gasteiger partial charge on any atom is 0.309 e. The Hall–Kier alpha value is -1.29. The van der Waals surface area contributed by atoms with E-state index in [2.05, 4.69) is 0 Å². The Balaban J connectivity index is 2.80. The van der Waals surface area contributed by atoms with Crippen LogP contribution in [0.1, 0.15) is 26.3 Å². The summed E-state index contributed by atoms with van der Waals surface area (Å²) in [6.45, 7) is 5.47. The van der Waals surface area contributed by atoms with E-state index in [1.54, 1.807) is 6.07 Å². The minimum Gasteiger partial charge on any atom is -0.481 e. The number of carboxylic acid groups (broad SMARTS) is 1. The van der Waals surface area contributed by atoms with E-state index in [-0.39, 0.29) is 6.42 Å². The SMILES string of the molecule is CC(C)(C)C(O)C(Cc1ccoc1)C(=O)O. The second kappa shape index (κ2) is 4.70. The van der Waals surface area contributed by atoms with E-state index in [4.69, 9.17) is 9.52 Å². The summed E-state index contributed by atoms with van der Waals surface area (Å²) in [5, 5.41) is 19.1. The highest BCUT2D eigenvalue weighted by atomic mass is 16.4. The van der Waals surface area contributed by atoms with Crippen LogP contribution >= 0.6 is 0 Å². The van der Waals surface area contributed by atoms with E-state index < -0.39 is 23.4 Å². The van der Waals surface area contributed by atoms with Gasteiger partial charge in [-0.3, -0.25) is 4.79 Å². The molecule has 0 aromatic carbocycles. The molecule has 0 saturated heterocycles. The fraction of sp³-hybridized carbons (Fsp3) is 0.583. The van der Waals surface area contributed by atoms with Gasteiger partial charge in [-0.25, -0.2) is 0 Å². The van der Waals surface area contributed by atoms with Crippen LogP contribution in [0.3, 0.4) is 0 Å². The molecule has 0 bridgehead atoms. The maximum absolute atomic E-state index is 11.1. The number of rotatable bonds is 4. The molecule has 0 radical (unpaired) electrons. The lowest BCUT2D eigenvalue weighted by Crippen LogP contribution is -2.39. The van der Waals surface area contributed by atoms with Gasteiger partial charge >= 0.3 is 5.97 Å². The fourth-order valence-electron chi connectivity index (χ4n) is 1.60. The molecule has 0 aliphatic heterocycles. The lowest BCUT2D eigenvalue weighted by Gasteiger charge is -2.30. The summed E-state index contributed by atoms with van der Waals surface area (Å²) in [4.78, 5) is 11.1. The van der Waals surface area contributed by atoms with Gasteiger partial charge in [-0.15, -0.1) is 0 Å². The van der Waals surface area contributed by atoms with Gasteiger partial charge in [0.1, 0.15) is 0 Å². The zero-order valence-electron chi connectivity index (χ0n) is 9.80. The van der Waals surface area contributed by atoms with Crippen molar-refractivity contribution in [3.8, 4) is 0 Å². The molecule has 4 heteroatoms. The Kier molecular flexibility index (Phi) is 3.75. The molecule has 1 aromatic rings. The third kappa shape index (κ3) is 3.10. The van der Waals surface area contributed by atoms with Gasteiger partial charge in [-0.2, -0.15) is 0 Å². The van der Waals surface area contributed by atoms with Crippen LogP contribution in [-0.2, 0) is 11.2 Å². The molecule has 1 rings (SSSR count). The third-order valence-electron chi connectivity index (χ3n) is 2.62. The Bertz CT molecular complexity index is 334. The average molecular weight is 226 g/mol. The number of aliphatic hydroxyl groups excluding tert-OH is 1. The molecule has 0 aliphatic rings. The van der Waals surface area contributed by atoms with Crippen LogP contribution in [0.15, 0.2) is 23.0 Å². The van der Waals surface area contributed by atoms with E-state index in [1.165, 1.54) is 12.5 Å². The minimum absolute atomic E-state index is 0.282. The summed E-state index contributed by atoms with van der Waals surface area (Å²) in [6, 6.07) is 1.71. The molecule has 0 fully saturated rings. The molecule has 0 aliphatic carbocycles. The van der Waals surface area contributed by atoms with Gasteiger partial charge < -0.3 is 14.6 Å². The molecular formula is C12H18O4. The summed E-state index contributed by atoms with van der Waals surface area (Å²) in [6.07, 6.45) is 2.40. The summed E-state index contributed by atoms with van der Waals surface area (Å²) in [5.41, 5.74) is 0.336. The van der Waals surface area contributed by atoms with Crippen molar-refractivity contribution in [3.63, 3.8) is 0 Å². The first-order chi connectivity index (χ1) is 7.32. The second-order valence-corrected chi connectivity index (χ2v) is 5.09. The van der Waals surface area contributed by atoms with E-state index in [0.29, 0.717) is 0 Å². The van der Waals surface area contributed by atoms with Gasteiger partial charge in [-0.05, 0) is 23.5 Å². The Morgan fingerprint density at radius 3 is 2.50 bits per heavy atom. The van der Waals surface area contributed by atoms with Crippen molar-refractivity contribution in [1.82, 2.24) is 0 Å². The van der Waals surface area contributed by atoms with Crippen LogP contribution < -0.4 is 0 Å². The van der Waals surface area contributed by atoms with Crippen molar-refractivity contribution in [3.05, 3.63) is 24.2 Å². The normalized spacial score (nSPS) is 15.8. The monoisotopic (exact) mass is 226 g/mol. The predicted molar refractivity (Wildman–Crippen MR) is 59.0 cm³/mol. The van der Waals surface area contributed by atoms with Crippen LogP contribution in [0.2, 0.25) is 0 Å². The van der Waals surface area contributed by atoms with Gasteiger partial charge in [0.2, 0.25) is 0 Å². The number of carboxylic acids is 1. The standard InChI is InChI=1S/C12H18O4/c1-12(2,3)10(13)9(11(14)15)6-8-4-5-16-7-8/h4-5,7,9-10,13H,6H2,1-3H3,(H,14,15). The van der Waals surface area contributed by atoms with Crippen molar-refractivity contribution in [1.29, 1.82) is 0 Å². The molecule has 90 valence electrons. The third-order valence-corrected chi connectivity index (χ3v) is 2.62. The molecule has 2 N–H and O–H groups in total. The van der Waals surface area contributed by atoms with E-state index in [0.717, 1.165) is 5.56 Å². The summed E-state index contributed by atoms with van der Waals surface area (Å²) < 4.78 is 4.89. The quantitative estimate of drug-likeness (QED) is 0.823. The van der Waals surface area contributed by atoms with Crippen molar-refractivity contribution >= 4 is 5.97 Å². The highest BCUT2D eigenvalue weighted by Crippen LogP contribution is 2.27. The smallest absolute Gasteiger partial charge is 0.309 e. The van der Waals surface area contributed by atoms with Gasteiger partial charge in [0.25, 0.3) is 0 Å². The van der Waals surface area contributed by atoms with Crippen LogP contribution in [0.5, 0.6) is 0 Å². The van der Waals surface area contributed by atoms with Crippen LogP contribution in [0.4, 0.5) is 0 Å². The maximum atomic E-state index is 11.1. The van der Waals surface area contributed by atoms with Crippen molar-refractivity contribution in [2.45, 2.75) is 33.3 Å². The number of furan rings is 1. The van der Waals surface area contributed by atoms with E-state index >= 15 is 0 Å². The van der Waals surface area contributed by atoms with E-state index in [1.807, 2.05) is 20.8 Å². The summed E-state index contributed by atoms with van der Waals surface area (Å²) in [5.74, 6) is -1.79. The molecule has 0 amide bonds. The summed E-state index contributed by atoms with van der Waals surface area (Å²) in [7, 11) is 0. The van der Waals surface area contributed by atoms with Crippen molar-refractivity contribution in [2.75, 3.05) is 0 Å². The number of aliphatic hydroxyl groups is 1. The number of hydrogen-bond donors (Lipinski definition) is 2. The Morgan fingerprint density at radius 2 is 2.12 bits per heavy atom. The van der Waals surface area contributed by atoms with Crippen LogP contribution in [-0.4, -0.2) is 22.3 Å². The zero-order valence-corrected chi connectivity index (χ0v) is 9.80.